The molecule has 0 radical (unpaired) electrons. The molecule has 3 atom stereocenters. The average Bonchev–Trinajstić information content (AvgIpc) is 3.06. The summed E-state index contributed by atoms with van der Waals surface area (Å²) in [5, 5.41) is 9.45. The molecular weight excluding hydrogens is 606 g/mol. The zero-order chi connectivity index (χ0) is 34.7. The summed E-state index contributed by atoms with van der Waals surface area (Å²) in [6.07, 6.45) is 3.21. The summed E-state index contributed by atoms with van der Waals surface area (Å²) in [5.41, 5.74) is 4.80. The minimum absolute atomic E-state index is 0.0162. The molecule has 3 amide bonds. The molecule has 1 aliphatic rings. The minimum Gasteiger partial charge on any atom is -0.365 e. The van der Waals surface area contributed by atoms with Gasteiger partial charge in [0.1, 0.15) is 0 Å². The van der Waals surface area contributed by atoms with Crippen molar-refractivity contribution in [3.05, 3.63) is 101 Å². The molecule has 0 bridgehead atoms. The molecule has 0 fully saturated rings. The van der Waals surface area contributed by atoms with E-state index in [4.69, 9.17) is 9.78 Å². The van der Waals surface area contributed by atoms with E-state index in [-0.39, 0.29) is 30.6 Å². The Balaban J connectivity index is 1.64. The van der Waals surface area contributed by atoms with Gasteiger partial charge >= 0.3 is 6.03 Å². The van der Waals surface area contributed by atoms with Crippen molar-refractivity contribution in [3.63, 3.8) is 0 Å². The summed E-state index contributed by atoms with van der Waals surface area (Å²) in [6.45, 7) is 10.4. The van der Waals surface area contributed by atoms with Crippen molar-refractivity contribution in [2.45, 2.75) is 103 Å². The van der Waals surface area contributed by atoms with Crippen LogP contribution < -0.4 is 4.90 Å². The standard InChI is InChI=1S/C39H53N3O6/c1-7-15-34(25-30-16-9-8-10-17-30)42(38(44)41-27-33-20-12-11-19-32(33)26-35(41)24-29(2)47-45)37(43)28-40(6)36-21-14-13-18-31(36)22-23-46-48-39(3,4)5/h8-14,16-21,29,34-35,45H,7,15,22-28H2,1-6H3/t29?,34-,35-/m0/s1. The van der Waals surface area contributed by atoms with Crippen LogP contribution in [0.2, 0.25) is 0 Å². The fourth-order valence-electron chi connectivity index (χ4n) is 6.42. The van der Waals surface area contributed by atoms with Gasteiger partial charge in [-0.25, -0.2) is 19.5 Å². The van der Waals surface area contributed by atoms with Crippen LogP contribution in [0.3, 0.4) is 0 Å². The van der Waals surface area contributed by atoms with Crippen LogP contribution in [0.25, 0.3) is 0 Å². The normalized spacial score (nSPS) is 15.8. The molecule has 1 heterocycles. The lowest BCUT2D eigenvalue weighted by Gasteiger charge is -2.42. The Hall–Kier alpha value is -3.76. The second-order valence-corrected chi connectivity index (χ2v) is 13.8. The van der Waals surface area contributed by atoms with Crippen molar-refractivity contribution in [2.24, 2.45) is 0 Å². The van der Waals surface area contributed by atoms with E-state index in [1.54, 1.807) is 6.92 Å². The number of nitrogens with zero attached hydrogens (tertiary/aromatic N) is 3. The number of benzene rings is 3. The fraction of sp³-hybridized carbons (Fsp3) is 0.487. The van der Waals surface area contributed by atoms with Crippen LogP contribution in [0, 0.1) is 0 Å². The molecule has 3 aromatic carbocycles. The monoisotopic (exact) mass is 659 g/mol. The number of urea groups is 1. The Morgan fingerprint density at radius 1 is 0.979 bits per heavy atom. The molecule has 4 rings (SSSR count). The van der Waals surface area contributed by atoms with Crippen LogP contribution in [-0.2, 0) is 45.3 Å². The number of para-hydroxylation sites is 1. The number of carbonyl (C=O) groups excluding carboxylic acids is 2. The number of likely N-dealkylation sites (N-methyl/N-ethyl adjacent to an activating group) is 1. The molecule has 9 heteroatoms. The minimum atomic E-state index is -0.476. The number of carbonyl (C=O) groups is 2. The Bertz CT molecular complexity index is 1460. The number of hydrogen-bond donors (Lipinski definition) is 1. The first-order valence-corrected chi connectivity index (χ1v) is 17.1. The molecule has 0 aromatic heterocycles. The van der Waals surface area contributed by atoms with E-state index in [0.717, 1.165) is 34.4 Å². The first-order chi connectivity index (χ1) is 23.0. The highest BCUT2D eigenvalue weighted by Gasteiger charge is 2.39. The molecular formula is C39H53N3O6. The van der Waals surface area contributed by atoms with E-state index in [0.29, 0.717) is 45.3 Å². The van der Waals surface area contributed by atoms with E-state index in [1.807, 2.05) is 110 Å². The summed E-state index contributed by atoms with van der Waals surface area (Å²) in [7, 11) is 1.89. The molecule has 48 heavy (non-hydrogen) atoms. The van der Waals surface area contributed by atoms with Gasteiger partial charge in [0.15, 0.2) is 0 Å². The molecule has 0 aliphatic carbocycles. The third kappa shape index (κ3) is 10.4. The number of fused-ring (bicyclic) bond motifs is 1. The third-order valence-electron chi connectivity index (χ3n) is 8.70. The molecule has 0 spiro atoms. The van der Waals surface area contributed by atoms with Crippen LogP contribution in [0.5, 0.6) is 0 Å². The second-order valence-electron chi connectivity index (χ2n) is 13.8. The Morgan fingerprint density at radius 2 is 1.65 bits per heavy atom. The lowest BCUT2D eigenvalue weighted by Crippen LogP contribution is -2.57. The first-order valence-electron chi connectivity index (χ1n) is 17.1. The topological polar surface area (TPSA) is 91.8 Å². The quantitative estimate of drug-likeness (QED) is 0.103. The fourth-order valence-corrected chi connectivity index (χ4v) is 6.42. The lowest BCUT2D eigenvalue weighted by molar-refractivity contribution is -0.347. The summed E-state index contributed by atoms with van der Waals surface area (Å²) in [6, 6.07) is 25.2. The number of hydrogen-bond acceptors (Lipinski definition) is 7. The highest BCUT2D eigenvalue weighted by Crippen LogP contribution is 2.29. The van der Waals surface area contributed by atoms with Crippen LogP contribution in [0.1, 0.15) is 76.1 Å². The molecule has 1 N–H and O–H groups in total. The van der Waals surface area contributed by atoms with Gasteiger partial charge in [-0.2, -0.15) is 0 Å². The molecule has 3 aromatic rings. The van der Waals surface area contributed by atoms with Gasteiger partial charge in [0.2, 0.25) is 5.91 Å². The van der Waals surface area contributed by atoms with Gasteiger partial charge < -0.3 is 9.80 Å². The van der Waals surface area contributed by atoms with E-state index < -0.39 is 11.7 Å². The largest absolute Gasteiger partial charge is 0.365 e. The maximum absolute atomic E-state index is 14.9. The number of amides is 3. The van der Waals surface area contributed by atoms with Gasteiger partial charge in [0.05, 0.1) is 24.9 Å². The summed E-state index contributed by atoms with van der Waals surface area (Å²) in [4.78, 5) is 50.2. The zero-order valence-electron chi connectivity index (χ0n) is 29.4. The predicted molar refractivity (Wildman–Crippen MR) is 189 cm³/mol. The van der Waals surface area contributed by atoms with Gasteiger partial charge in [-0.1, -0.05) is 86.1 Å². The summed E-state index contributed by atoms with van der Waals surface area (Å²) in [5.74, 6) is -0.261. The van der Waals surface area contributed by atoms with Crippen LogP contribution in [-0.4, -0.2) is 71.0 Å². The van der Waals surface area contributed by atoms with E-state index in [1.165, 1.54) is 4.90 Å². The van der Waals surface area contributed by atoms with Gasteiger partial charge in [-0.05, 0) is 81.7 Å². The van der Waals surface area contributed by atoms with Crippen molar-refractivity contribution >= 4 is 17.6 Å². The highest BCUT2D eigenvalue weighted by atomic mass is 17.2. The maximum atomic E-state index is 14.9. The van der Waals surface area contributed by atoms with Crippen molar-refractivity contribution in [3.8, 4) is 0 Å². The Kier molecular flexibility index (Phi) is 13.6. The molecule has 1 aliphatic heterocycles. The number of anilines is 1. The number of rotatable bonds is 15. The Morgan fingerprint density at radius 3 is 2.33 bits per heavy atom. The molecule has 260 valence electrons. The lowest BCUT2D eigenvalue weighted by atomic mass is 9.91. The van der Waals surface area contributed by atoms with E-state index in [9.17, 15) is 14.8 Å². The van der Waals surface area contributed by atoms with Gasteiger partial charge in [0.25, 0.3) is 0 Å². The van der Waals surface area contributed by atoms with E-state index in [2.05, 4.69) is 17.9 Å². The zero-order valence-corrected chi connectivity index (χ0v) is 29.4. The molecule has 1 unspecified atom stereocenters. The molecule has 0 saturated carbocycles. The van der Waals surface area contributed by atoms with E-state index >= 15 is 0 Å². The van der Waals surface area contributed by atoms with Gasteiger partial charge in [0, 0.05) is 37.8 Å². The van der Waals surface area contributed by atoms with Crippen LogP contribution in [0.4, 0.5) is 10.5 Å². The van der Waals surface area contributed by atoms with Crippen molar-refractivity contribution in [2.75, 3.05) is 25.1 Å². The highest BCUT2D eigenvalue weighted by molar-refractivity contribution is 5.97. The summed E-state index contributed by atoms with van der Waals surface area (Å²) < 4.78 is 0. The maximum Gasteiger partial charge on any atom is 0.327 e. The smallest absolute Gasteiger partial charge is 0.327 e. The SMILES string of the molecule is CCC[C@@H](Cc1ccccc1)N(C(=O)CN(C)c1ccccc1CCOOC(C)(C)C)C(=O)N1Cc2ccccc2C[C@@H]1CC(C)OO. The van der Waals surface area contributed by atoms with Crippen LogP contribution >= 0.6 is 0 Å². The van der Waals surface area contributed by atoms with Crippen molar-refractivity contribution in [1.82, 2.24) is 9.80 Å². The molecule has 0 saturated heterocycles. The van der Waals surface area contributed by atoms with Crippen molar-refractivity contribution in [1.29, 1.82) is 0 Å². The predicted octanol–water partition coefficient (Wildman–Crippen LogP) is 7.47. The van der Waals surface area contributed by atoms with Gasteiger partial charge in [-0.15, -0.1) is 0 Å². The third-order valence-corrected chi connectivity index (χ3v) is 8.70. The summed E-state index contributed by atoms with van der Waals surface area (Å²) >= 11 is 0. The first kappa shape index (κ1) is 37.1. The van der Waals surface area contributed by atoms with Gasteiger partial charge in [-0.3, -0.25) is 15.0 Å². The Labute approximate surface area is 286 Å². The average molecular weight is 660 g/mol. The number of imide groups is 1. The second kappa shape index (κ2) is 17.6. The molecule has 9 nitrogen and oxygen atoms in total. The van der Waals surface area contributed by atoms with Crippen LogP contribution in [0.15, 0.2) is 78.9 Å². The van der Waals surface area contributed by atoms with Crippen molar-refractivity contribution < 1.29 is 29.5 Å².